The monoisotopic (exact) mass is 493 g/mol. The number of hydrogen-bond acceptors (Lipinski definition) is 4. The standard InChI is InChI=1S/C23H25ClFN3O4S/c24-21-16-18(25)6-7-20(21)23(30)27-14-12-26(13-15-27)22(29)17-8-10-28(11-9-17)33(31,32)19-4-2-1-3-5-19/h1-7,16-17H,8-15H2. The minimum atomic E-state index is -3.56. The predicted molar refractivity (Wildman–Crippen MR) is 122 cm³/mol. The van der Waals surface area contributed by atoms with Crippen LogP contribution in [0.15, 0.2) is 53.4 Å². The van der Waals surface area contributed by atoms with E-state index in [1.165, 1.54) is 16.4 Å². The molecule has 2 aromatic rings. The topological polar surface area (TPSA) is 78.0 Å². The fraction of sp³-hybridized carbons (Fsp3) is 0.391. The third-order valence-corrected chi connectivity index (χ3v) is 8.45. The smallest absolute Gasteiger partial charge is 0.255 e. The summed E-state index contributed by atoms with van der Waals surface area (Å²) in [4.78, 5) is 29.3. The molecular weight excluding hydrogens is 469 g/mol. The van der Waals surface area contributed by atoms with Crippen molar-refractivity contribution < 1.29 is 22.4 Å². The Labute approximate surface area is 197 Å². The van der Waals surface area contributed by atoms with Crippen LogP contribution in [0.2, 0.25) is 5.02 Å². The van der Waals surface area contributed by atoms with Gasteiger partial charge in [0.05, 0.1) is 15.5 Å². The third-order valence-electron chi connectivity index (χ3n) is 6.22. The van der Waals surface area contributed by atoms with Crippen LogP contribution in [0.4, 0.5) is 4.39 Å². The van der Waals surface area contributed by atoms with E-state index in [1.54, 1.807) is 40.1 Å². The Kier molecular flexibility index (Phi) is 7.02. The van der Waals surface area contributed by atoms with Crippen molar-refractivity contribution in [1.29, 1.82) is 0 Å². The van der Waals surface area contributed by atoms with E-state index in [0.29, 0.717) is 52.1 Å². The first kappa shape index (κ1) is 23.7. The number of halogens is 2. The molecule has 33 heavy (non-hydrogen) atoms. The van der Waals surface area contributed by atoms with E-state index in [2.05, 4.69) is 0 Å². The Bertz CT molecular complexity index is 1130. The number of benzene rings is 2. The van der Waals surface area contributed by atoms with E-state index in [4.69, 9.17) is 11.6 Å². The van der Waals surface area contributed by atoms with Gasteiger partial charge in [0.1, 0.15) is 5.82 Å². The van der Waals surface area contributed by atoms with Gasteiger partial charge >= 0.3 is 0 Å². The lowest BCUT2D eigenvalue weighted by Crippen LogP contribution is -2.53. The van der Waals surface area contributed by atoms with Crippen LogP contribution in [0.5, 0.6) is 0 Å². The second-order valence-electron chi connectivity index (χ2n) is 8.23. The van der Waals surface area contributed by atoms with E-state index in [9.17, 15) is 22.4 Å². The second-order valence-corrected chi connectivity index (χ2v) is 10.6. The molecule has 176 valence electrons. The third kappa shape index (κ3) is 5.05. The van der Waals surface area contributed by atoms with Gasteiger partial charge in [-0.05, 0) is 43.2 Å². The molecule has 0 atom stereocenters. The number of hydrogen-bond donors (Lipinski definition) is 0. The summed E-state index contributed by atoms with van der Waals surface area (Å²) in [5.41, 5.74) is 0.241. The van der Waals surface area contributed by atoms with Crippen molar-refractivity contribution in [1.82, 2.24) is 14.1 Å². The number of carbonyl (C=O) groups excluding carboxylic acids is 2. The molecular formula is C23H25ClFN3O4S. The molecule has 0 aliphatic carbocycles. The van der Waals surface area contributed by atoms with Crippen LogP contribution in [0, 0.1) is 11.7 Å². The average Bonchev–Trinajstić information content (AvgIpc) is 2.84. The van der Waals surface area contributed by atoms with Gasteiger partial charge in [0.15, 0.2) is 0 Å². The number of nitrogens with zero attached hydrogens (tertiary/aromatic N) is 3. The van der Waals surface area contributed by atoms with Gasteiger partial charge in [0.25, 0.3) is 5.91 Å². The van der Waals surface area contributed by atoms with Gasteiger partial charge < -0.3 is 9.80 Å². The van der Waals surface area contributed by atoms with Gasteiger partial charge in [0, 0.05) is 45.2 Å². The van der Waals surface area contributed by atoms with Crippen LogP contribution in [0.25, 0.3) is 0 Å². The number of piperidine rings is 1. The summed E-state index contributed by atoms with van der Waals surface area (Å²) >= 11 is 6.01. The van der Waals surface area contributed by atoms with Crippen molar-refractivity contribution in [3.63, 3.8) is 0 Å². The molecule has 0 N–H and O–H groups in total. The number of sulfonamides is 1. The number of rotatable bonds is 4. The summed E-state index contributed by atoms with van der Waals surface area (Å²) in [7, 11) is -3.56. The summed E-state index contributed by atoms with van der Waals surface area (Å²) in [5.74, 6) is -1.03. The largest absolute Gasteiger partial charge is 0.339 e. The molecule has 2 amide bonds. The molecule has 2 aliphatic heterocycles. The zero-order chi connectivity index (χ0) is 23.6. The summed E-state index contributed by atoms with van der Waals surface area (Å²) in [6, 6.07) is 12.0. The molecule has 2 fully saturated rings. The number of amides is 2. The summed E-state index contributed by atoms with van der Waals surface area (Å²) < 4.78 is 40.3. The van der Waals surface area contributed by atoms with Crippen LogP contribution in [0.1, 0.15) is 23.2 Å². The Morgan fingerprint density at radius 2 is 1.48 bits per heavy atom. The van der Waals surface area contributed by atoms with Gasteiger partial charge in [-0.25, -0.2) is 12.8 Å². The van der Waals surface area contributed by atoms with Crippen molar-refractivity contribution in [3.05, 3.63) is 64.9 Å². The molecule has 0 aromatic heterocycles. The quantitative estimate of drug-likeness (QED) is 0.656. The summed E-state index contributed by atoms with van der Waals surface area (Å²) in [6.45, 7) is 2.11. The highest BCUT2D eigenvalue weighted by molar-refractivity contribution is 7.89. The first-order valence-corrected chi connectivity index (χ1v) is 12.7. The molecule has 4 rings (SSSR count). The Morgan fingerprint density at radius 3 is 2.09 bits per heavy atom. The highest BCUT2D eigenvalue weighted by Crippen LogP contribution is 2.26. The molecule has 2 aliphatic rings. The van der Waals surface area contributed by atoms with Gasteiger partial charge in [-0.15, -0.1) is 0 Å². The normalized spacial score (nSPS) is 18.4. The highest BCUT2D eigenvalue weighted by atomic mass is 35.5. The molecule has 2 heterocycles. The minimum Gasteiger partial charge on any atom is -0.339 e. The fourth-order valence-electron chi connectivity index (χ4n) is 4.31. The van der Waals surface area contributed by atoms with Crippen molar-refractivity contribution in [2.45, 2.75) is 17.7 Å². The molecule has 0 saturated carbocycles. The van der Waals surface area contributed by atoms with Crippen molar-refractivity contribution in [2.24, 2.45) is 5.92 Å². The molecule has 0 unspecified atom stereocenters. The number of carbonyl (C=O) groups is 2. The molecule has 7 nitrogen and oxygen atoms in total. The van der Waals surface area contributed by atoms with Crippen LogP contribution in [-0.4, -0.2) is 73.6 Å². The first-order valence-electron chi connectivity index (χ1n) is 10.9. The summed E-state index contributed by atoms with van der Waals surface area (Å²) in [6.07, 6.45) is 0.935. The van der Waals surface area contributed by atoms with Gasteiger partial charge in [-0.1, -0.05) is 29.8 Å². The van der Waals surface area contributed by atoms with Crippen molar-refractivity contribution >= 4 is 33.4 Å². The molecule has 0 radical (unpaired) electrons. The Balaban J connectivity index is 1.30. The maximum Gasteiger partial charge on any atom is 0.255 e. The maximum atomic E-state index is 13.3. The van der Waals surface area contributed by atoms with Crippen LogP contribution in [-0.2, 0) is 14.8 Å². The van der Waals surface area contributed by atoms with E-state index >= 15 is 0 Å². The lowest BCUT2D eigenvalue weighted by molar-refractivity contribution is -0.138. The minimum absolute atomic E-state index is 0.00123. The van der Waals surface area contributed by atoms with Gasteiger partial charge in [0.2, 0.25) is 15.9 Å². The lowest BCUT2D eigenvalue weighted by atomic mass is 9.96. The summed E-state index contributed by atoms with van der Waals surface area (Å²) in [5, 5.41) is 0.0655. The van der Waals surface area contributed by atoms with E-state index < -0.39 is 15.8 Å². The lowest BCUT2D eigenvalue weighted by Gasteiger charge is -2.38. The SMILES string of the molecule is O=C(c1ccc(F)cc1Cl)N1CCN(C(=O)C2CCN(S(=O)(=O)c3ccccc3)CC2)CC1. The zero-order valence-electron chi connectivity index (χ0n) is 18.0. The van der Waals surface area contributed by atoms with Crippen LogP contribution >= 0.6 is 11.6 Å². The van der Waals surface area contributed by atoms with Crippen LogP contribution < -0.4 is 0 Å². The Hall–Kier alpha value is -2.49. The van der Waals surface area contributed by atoms with Crippen LogP contribution in [0.3, 0.4) is 0 Å². The van der Waals surface area contributed by atoms with Crippen molar-refractivity contribution in [2.75, 3.05) is 39.3 Å². The van der Waals surface area contributed by atoms with Crippen molar-refractivity contribution in [3.8, 4) is 0 Å². The maximum absolute atomic E-state index is 13.3. The number of piperazine rings is 1. The predicted octanol–water partition coefficient (Wildman–Crippen LogP) is 2.86. The second kappa shape index (κ2) is 9.79. The van der Waals surface area contributed by atoms with Gasteiger partial charge in [-0.2, -0.15) is 4.31 Å². The molecule has 0 bridgehead atoms. The first-order chi connectivity index (χ1) is 15.8. The molecule has 2 aromatic carbocycles. The van der Waals surface area contributed by atoms with Gasteiger partial charge in [-0.3, -0.25) is 9.59 Å². The molecule has 2 saturated heterocycles. The zero-order valence-corrected chi connectivity index (χ0v) is 19.6. The van der Waals surface area contributed by atoms with E-state index in [0.717, 1.165) is 6.07 Å². The molecule has 10 heteroatoms. The van der Waals surface area contributed by atoms with E-state index in [1.807, 2.05) is 0 Å². The van der Waals surface area contributed by atoms with E-state index in [-0.39, 0.29) is 33.2 Å². The molecule has 0 spiro atoms. The highest BCUT2D eigenvalue weighted by Gasteiger charge is 2.35. The average molecular weight is 494 g/mol. The fourth-order valence-corrected chi connectivity index (χ4v) is 6.04. The Morgan fingerprint density at radius 1 is 0.879 bits per heavy atom.